The second-order valence-corrected chi connectivity index (χ2v) is 6.48. The number of carbonyl (C=O) groups is 1. The molecule has 3 rings (SSSR count). The van der Waals surface area contributed by atoms with E-state index in [1.807, 2.05) is 24.3 Å². The molecule has 0 radical (unpaired) electrons. The Hall–Kier alpha value is -0.970. The largest absolute Gasteiger partial charge is 0.399 e. The molecule has 0 bridgehead atoms. The summed E-state index contributed by atoms with van der Waals surface area (Å²) in [5.41, 5.74) is 7.75. The molecular weight excluding hydrogens is 333 g/mol. The van der Waals surface area contributed by atoms with E-state index in [4.69, 9.17) is 5.73 Å². The second kappa shape index (κ2) is 8.76. The highest BCUT2D eigenvalue weighted by Gasteiger charge is 2.38. The minimum atomic E-state index is 0. The molecule has 2 aliphatic rings. The lowest BCUT2D eigenvalue weighted by Crippen LogP contribution is -2.37. The monoisotopic (exact) mass is 359 g/mol. The minimum absolute atomic E-state index is 0. The van der Waals surface area contributed by atoms with Crippen LogP contribution in [0.4, 0.5) is 5.69 Å². The number of rotatable bonds is 5. The molecule has 4 nitrogen and oxygen atoms in total. The number of likely N-dealkylation sites (tertiary alicyclic amines) is 1. The van der Waals surface area contributed by atoms with E-state index >= 15 is 0 Å². The summed E-state index contributed by atoms with van der Waals surface area (Å²) >= 11 is 0. The Bertz CT molecular complexity index is 522. The molecule has 2 fully saturated rings. The molecule has 1 saturated heterocycles. The van der Waals surface area contributed by atoms with Crippen molar-refractivity contribution in [2.45, 2.75) is 57.2 Å². The van der Waals surface area contributed by atoms with Crippen molar-refractivity contribution in [3.63, 3.8) is 0 Å². The van der Waals surface area contributed by atoms with Crippen molar-refractivity contribution in [3.8, 4) is 0 Å². The highest BCUT2D eigenvalue weighted by molar-refractivity contribution is 5.85. The molecule has 1 aromatic rings. The third-order valence-electron chi connectivity index (χ3n) is 4.68. The Kier molecular flexibility index (Phi) is 7.65. The number of halogens is 2. The van der Waals surface area contributed by atoms with Crippen LogP contribution in [-0.2, 0) is 11.2 Å². The van der Waals surface area contributed by atoms with E-state index in [2.05, 4.69) is 17.1 Å². The van der Waals surface area contributed by atoms with Gasteiger partial charge in [0.15, 0.2) is 0 Å². The van der Waals surface area contributed by atoms with E-state index < -0.39 is 0 Å². The van der Waals surface area contributed by atoms with Crippen LogP contribution >= 0.6 is 24.8 Å². The van der Waals surface area contributed by atoms with E-state index in [1.54, 1.807) is 0 Å². The van der Waals surface area contributed by atoms with Gasteiger partial charge in [0.05, 0.1) is 0 Å². The molecule has 3 N–H and O–H groups in total. The summed E-state index contributed by atoms with van der Waals surface area (Å²) in [6.45, 7) is 3.29. The first-order chi connectivity index (χ1) is 10.1. The van der Waals surface area contributed by atoms with Crippen molar-refractivity contribution < 1.29 is 4.79 Å². The lowest BCUT2D eigenvalue weighted by Gasteiger charge is -2.19. The van der Waals surface area contributed by atoms with Gasteiger partial charge in [-0.15, -0.1) is 24.8 Å². The molecule has 0 spiro atoms. The summed E-state index contributed by atoms with van der Waals surface area (Å²) in [5.74, 6) is 0.146. The molecule has 1 aliphatic carbocycles. The van der Waals surface area contributed by atoms with E-state index in [1.165, 1.54) is 12.8 Å². The molecule has 23 heavy (non-hydrogen) atoms. The molecule has 2 atom stereocenters. The van der Waals surface area contributed by atoms with Gasteiger partial charge in [0, 0.05) is 36.8 Å². The quantitative estimate of drug-likeness (QED) is 0.794. The zero-order valence-electron chi connectivity index (χ0n) is 13.5. The van der Waals surface area contributed by atoms with Gasteiger partial charge in [-0.25, -0.2) is 0 Å². The van der Waals surface area contributed by atoms with Gasteiger partial charge in [-0.3, -0.25) is 9.69 Å². The number of nitrogens with one attached hydrogen (secondary N) is 1. The Morgan fingerprint density at radius 3 is 2.65 bits per heavy atom. The van der Waals surface area contributed by atoms with Crippen LogP contribution in [0.5, 0.6) is 0 Å². The van der Waals surface area contributed by atoms with Crippen LogP contribution in [0.1, 0.15) is 38.2 Å². The van der Waals surface area contributed by atoms with E-state index in [9.17, 15) is 4.79 Å². The fourth-order valence-electron chi connectivity index (χ4n) is 3.39. The Balaban J connectivity index is 0.00000132. The molecule has 130 valence electrons. The van der Waals surface area contributed by atoms with Crippen molar-refractivity contribution in [1.29, 1.82) is 0 Å². The minimum Gasteiger partial charge on any atom is -0.399 e. The Morgan fingerprint density at radius 1 is 1.30 bits per heavy atom. The van der Waals surface area contributed by atoms with Gasteiger partial charge in [-0.1, -0.05) is 18.2 Å². The first-order valence-corrected chi connectivity index (χ1v) is 8.02. The molecule has 2 unspecified atom stereocenters. The maximum atomic E-state index is 12.1. The van der Waals surface area contributed by atoms with Gasteiger partial charge < -0.3 is 11.1 Å². The highest BCUT2D eigenvalue weighted by Crippen LogP contribution is 2.33. The normalized spacial score (nSPS) is 23.7. The maximum Gasteiger partial charge on any atom is 0.220 e. The molecule has 0 aromatic heterocycles. The Labute approximate surface area is 151 Å². The number of carbonyl (C=O) groups excluding carboxylic acids is 1. The highest BCUT2D eigenvalue weighted by atomic mass is 35.5. The van der Waals surface area contributed by atoms with Gasteiger partial charge in [-0.2, -0.15) is 0 Å². The van der Waals surface area contributed by atoms with Crippen LogP contribution in [0.15, 0.2) is 24.3 Å². The molecular formula is C17H27Cl2N3O. The summed E-state index contributed by atoms with van der Waals surface area (Å²) < 4.78 is 0. The topological polar surface area (TPSA) is 58.4 Å². The summed E-state index contributed by atoms with van der Waals surface area (Å²) in [4.78, 5) is 14.7. The third-order valence-corrected chi connectivity index (χ3v) is 4.68. The van der Waals surface area contributed by atoms with E-state index in [-0.39, 0.29) is 30.7 Å². The standard InChI is InChI=1S/C17H25N3O.2ClH/c1-12-10-14(11-20(12)15-7-8-15)19-17(21)9-6-13-4-2-3-5-16(13)18;;/h2-5,12,14-15H,6-11,18H2,1H3,(H,19,21);2*1H. The van der Waals surface area contributed by atoms with E-state index in [0.29, 0.717) is 24.9 Å². The van der Waals surface area contributed by atoms with Crippen LogP contribution in [0.2, 0.25) is 0 Å². The van der Waals surface area contributed by atoms with Crippen molar-refractivity contribution in [1.82, 2.24) is 10.2 Å². The first kappa shape index (κ1) is 20.1. The summed E-state index contributed by atoms with van der Waals surface area (Å²) in [7, 11) is 0. The number of nitrogens with zero attached hydrogens (tertiary/aromatic N) is 1. The average molecular weight is 360 g/mol. The summed E-state index contributed by atoms with van der Waals surface area (Å²) in [6, 6.07) is 9.48. The third kappa shape index (κ3) is 5.27. The summed E-state index contributed by atoms with van der Waals surface area (Å²) in [6.07, 6.45) is 4.97. The Morgan fingerprint density at radius 2 is 2.00 bits per heavy atom. The number of hydrogen-bond acceptors (Lipinski definition) is 3. The fourth-order valence-corrected chi connectivity index (χ4v) is 3.39. The molecule has 1 amide bonds. The van der Waals surface area contributed by atoms with Crippen molar-refractivity contribution in [2.24, 2.45) is 0 Å². The number of nitrogens with two attached hydrogens (primary N) is 1. The van der Waals surface area contributed by atoms with Crippen molar-refractivity contribution in [3.05, 3.63) is 29.8 Å². The molecule has 1 aromatic carbocycles. The number of nitrogen functional groups attached to an aromatic ring is 1. The van der Waals surface area contributed by atoms with E-state index in [0.717, 1.165) is 30.3 Å². The maximum absolute atomic E-state index is 12.1. The van der Waals surface area contributed by atoms with Gasteiger partial charge in [0.1, 0.15) is 0 Å². The summed E-state index contributed by atoms with van der Waals surface area (Å²) in [5, 5.41) is 3.19. The smallest absolute Gasteiger partial charge is 0.220 e. The van der Waals surface area contributed by atoms with Gasteiger partial charge >= 0.3 is 0 Å². The van der Waals surface area contributed by atoms with Crippen molar-refractivity contribution >= 4 is 36.4 Å². The predicted octanol–water partition coefficient (Wildman–Crippen LogP) is 2.79. The van der Waals surface area contributed by atoms with Gasteiger partial charge in [0.25, 0.3) is 0 Å². The molecule has 6 heteroatoms. The number of aryl methyl sites for hydroxylation is 1. The lowest BCUT2D eigenvalue weighted by molar-refractivity contribution is -0.121. The number of para-hydroxylation sites is 1. The zero-order chi connectivity index (χ0) is 14.8. The number of hydrogen-bond donors (Lipinski definition) is 2. The van der Waals surface area contributed by atoms with Gasteiger partial charge in [-0.05, 0) is 44.2 Å². The van der Waals surface area contributed by atoms with Crippen LogP contribution in [-0.4, -0.2) is 35.5 Å². The number of amides is 1. The average Bonchev–Trinajstić information content (AvgIpc) is 3.23. The second-order valence-electron chi connectivity index (χ2n) is 6.48. The molecule has 1 aliphatic heterocycles. The van der Waals surface area contributed by atoms with Crippen LogP contribution in [0.25, 0.3) is 0 Å². The predicted molar refractivity (Wildman–Crippen MR) is 99.4 cm³/mol. The fraction of sp³-hybridized carbons (Fsp3) is 0.588. The number of benzene rings is 1. The van der Waals surface area contributed by atoms with Crippen LogP contribution < -0.4 is 11.1 Å². The zero-order valence-corrected chi connectivity index (χ0v) is 15.2. The molecule has 1 saturated carbocycles. The van der Waals surface area contributed by atoms with Crippen LogP contribution in [0.3, 0.4) is 0 Å². The SMILES string of the molecule is CC1CC(NC(=O)CCc2ccccc2N)CN1C1CC1.Cl.Cl. The first-order valence-electron chi connectivity index (χ1n) is 8.02. The number of anilines is 1. The lowest BCUT2D eigenvalue weighted by atomic mass is 10.1. The van der Waals surface area contributed by atoms with Crippen LogP contribution in [0, 0.1) is 0 Å². The molecule has 1 heterocycles. The van der Waals surface area contributed by atoms with Gasteiger partial charge in [0.2, 0.25) is 5.91 Å². The van der Waals surface area contributed by atoms with Crippen molar-refractivity contribution in [2.75, 3.05) is 12.3 Å².